The highest BCUT2D eigenvalue weighted by Gasteiger charge is 2.27. The fourth-order valence-corrected chi connectivity index (χ4v) is 3.77. The van der Waals surface area contributed by atoms with Gasteiger partial charge in [0.2, 0.25) is 11.4 Å². The van der Waals surface area contributed by atoms with E-state index in [2.05, 4.69) is 25.8 Å². The van der Waals surface area contributed by atoms with Crippen molar-refractivity contribution in [2.24, 2.45) is 0 Å². The highest BCUT2D eigenvalue weighted by molar-refractivity contribution is 7.99. The van der Waals surface area contributed by atoms with E-state index < -0.39 is 4.92 Å². The predicted octanol–water partition coefficient (Wildman–Crippen LogP) is 4.09. The maximum atomic E-state index is 11.7. The SMILES string of the molecule is CCCC(=O)OCCNc1cc(Sc2nnc(-c3ccccc3)o2)c2nonc2c1[N+](=O)[O-]. The van der Waals surface area contributed by atoms with Crippen LogP contribution in [0.1, 0.15) is 19.8 Å². The van der Waals surface area contributed by atoms with Gasteiger partial charge in [-0.3, -0.25) is 14.9 Å². The molecule has 0 saturated carbocycles. The molecule has 0 unspecified atom stereocenters. The number of nitro benzene ring substituents is 1. The molecule has 0 spiro atoms. The first-order chi connectivity index (χ1) is 16.1. The van der Waals surface area contributed by atoms with Gasteiger partial charge in [-0.2, -0.15) is 0 Å². The van der Waals surface area contributed by atoms with Crippen molar-refractivity contribution in [1.29, 1.82) is 0 Å². The molecule has 2 aromatic carbocycles. The van der Waals surface area contributed by atoms with E-state index in [1.165, 1.54) is 6.07 Å². The van der Waals surface area contributed by atoms with E-state index in [0.717, 1.165) is 17.3 Å². The summed E-state index contributed by atoms with van der Waals surface area (Å²) in [6.07, 6.45) is 0.989. The summed E-state index contributed by atoms with van der Waals surface area (Å²) in [5, 5.41) is 30.4. The third-order valence-electron chi connectivity index (χ3n) is 4.42. The molecule has 0 saturated heterocycles. The first-order valence-corrected chi connectivity index (χ1v) is 10.8. The number of hydrogen-bond acceptors (Lipinski definition) is 12. The first-order valence-electron chi connectivity index (χ1n) is 9.96. The second kappa shape index (κ2) is 10.1. The Morgan fingerprint density at radius 2 is 2.00 bits per heavy atom. The number of rotatable bonds is 10. The molecule has 4 aromatic rings. The molecule has 170 valence electrons. The van der Waals surface area contributed by atoms with Crippen LogP contribution in [0.5, 0.6) is 0 Å². The molecule has 0 fully saturated rings. The number of esters is 1. The maximum Gasteiger partial charge on any atom is 0.323 e. The molecule has 12 nitrogen and oxygen atoms in total. The van der Waals surface area contributed by atoms with E-state index in [9.17, 15) is 14.9 Å². The van der Waals surface area contributed by atoms with Crippen molar-refractivity contribution in [3.05, 3.63) is 46.5 Å². The fraction of sp³-hybridized carbons (Fsp3) is 0.250. The summed E-state index contributed by atoms with van der Waals surface area (Å²) in [6, 6.07) is 10.8. The smallest absolute Gasteiger partial charge is 0.323 e. The average molecular weight is 470 g/mol. The van der Waals surface area contributed by atoms with Crippen LogP contribution in [0.25, 0.3) is 22.5 Å². The molecule has 4 rings (SSSR count). The summed E-state index contributed by atoms with van der Waals surface area (Å²) < 4.78 is 15.6. The normalized spacial score (nSPS) is 10.9. The zero-order chi connectivity index (χ0) is 23.2. The van der Waals surface area contributed by atoms with Crippen LogP contribution in [0.15, 0.2) is 55.6 Å². The number of carbonyl (C=O) groups is 1. The zero-order valence-corrected chi connectivity index (χ0v) is 18.2. The van der Waals surface area contributed by atoms with Crippen molar-refractivity contribution in [2.75, 3.05) is 18.5 Å². The Bertz CT molecular complexity index is 1270. The quantitative estimate of drug-likeness (QED) is 0.153. The van der Waals surface area contributed by atoms with Gasteiger partial charge in [-0.15, -0.1) is 10.2 Å². The summed E-state index contributed by atoms with van der Waals surface area (Å²) in [6.45, 7) is 2.09. The van der Waals surface area contributed by atoms with E-state index in [1.807, 2.05) is 37.3 Å². The van der Waals surface area contributed by atoms with Crippen molar-refractivity contribution in [1.82, 2.24) is 20.5 Å². The van der Waals surface area contributed by atoms with Crippen LogP contribution < -0.4 is 5.32 Å². The molecule has 2 aromatic heterocycles. The van der Waals surface area contributed by atoms with Crippen LogP contribution in [0, 0.1) is 10.1 Å². The molecule has 0 aliphatic rings. The first kappa shape index (κ1) is 22.2. The predicted molar refractivity (Wildman–Crippen MR) is 117 cm³/mol. The molecular weight excluding hydrogens is 452 g/mol. The van der Waals surface area contributed by atoms with Gasteiger partial charge in [-0.1, -0.05) is 25.1 Å². The van der Waals surface area contributed by atoms with Crippen LogP contribution in [0.4, 0.5) is 11.4 Å². The van der Waals surface area contributed by atoms with Crippen LogP contribution in [0.3, 0.4) is 0 Å². The van der Waals surface area contributed by atoms with E-state index in [4.69, 9.17) is 13.8 Å². The third-order valence-corrected chi connectivity index (χ3v) is 5.29. The number of benzene rings is 2. The number of nitrogens with zero attached hydrogens (tertiary/aromatic N) is 5. The lowest BCUT2D eigenvalue weighted by atomic mass is 10.2. The minimum Gasteiger partial charge on any atom is -0.464 e. The van der Waals surface area contributed by atoms with Gasteiger partial charge in [0.15, 0.2) is 5.52 Å². The highest BCUT2D eigenvalue weighted by Crippen LogP contribution is 2.40. The molecule has 1 N–H and O–H groups in total. The Morgan fingerprint density at radius 3 is 2.76 bits per heavy atom. The number of nitrogens with one attached hydrogen (secondary N) is 1. The topological polar surface area (TPSA) is 159 Å². The van der Waals surface area contributed by atoms with E-state index in [0.29, 0.717) is 23.6 Å². The van der Waals surface area contributed by atoms with Crippen LogP contribution in [0.2, 0.25) is 0 Å². The molecule has 0 radical (unpaired) electrons. The van der Waals surface area contributed by atoms with E-state index in [1.54, 1.807) is 0 Å². The molecule has 13 heteroatoms. The maximum absolute atomic E-state index is 11.7. The molecule has 0 amide bonds. The van der Waals surface area contributed by atoms with Gasteiger partial charge < -0.3 is 14.5 Å². The van der Waals surface area contributed by atoms with Crippen LogP contribution in [-0.4, -0.2) is 44.6 Å². The lowest BCUT2D eigenvalue weighted by Crippen LogP contribution is -2.14. The second-order valence-electron chi connectivity index (χ2n) is 6.73. The lowest BCUT2D eigenvalue weighted by Gasteiger charge is -2.09. The highest BCUT2D eigenvalue weighted by atomic mass is 32.2. The third kappa shape index (κ3) is 5.09. The minimum atomic E-state index is -0.577. The Morgan fingerprint density at radius 1 is 1.21 bits per heavy atom. The summed E-state index contributed by atoms with van der Waals surface area (Å²) in [5.74, 6) is 0.00795. The van der Waals surface area contributed by atoms with Crippen molar-refractivity contribution < 1.29 is 23.5 Å². The number of anilines is 1. The number of nitro groups is 1. The molecule has 0 aliphatic heterocycles. The molecule has 2 heterocycles. The molecule has 0 bridgehead atoms. The molecule has 33 heavy (non-hydrogen) atoms. The van der Waals surface area contributed by atoms with E-state index in [-0.39, 0.29) is 46.8 Å². The van der Waals surface area contributed by atoms with Crippen molar-refractivity contribution >= 4 is 40.1 Å². The largest absolute Gasteiger partial charge is 0.464 e. The lowest BCUT2D eigenvalue weighted by molar-refractivity contribution is -0.382. The van der Waals surface area contributed by atoms with Crippen molar-refractivity contribution in [3.8, 4) is 11.5 Å². The minimum absolute atomic E-state index is 0.0294. The number of hydrogen-bond donors (Lipinski definition) is 1. The van der Waals surface area contributed by atoms with Gasteiger partial charge in [0.1, 0.15) is 12.3 Å². The molecular formula is C20H18N6O6S. The zero-order valence-electron chi connectivity index (χ0n) is 17.4. The summed E-state index contributed by atoms with van der Waals surface area (Å²) >= 11 is 1.07. The molecule has 0 aliphatic carbocycles. The fourth-order valence-electron chi connectivity index (χ4n) is 2.97. The number of carbonyl (C=O) groups excluding carboxylic acids is 1. The van der Waals surface area contributed by atoms with Gasteiger partial charge in [-0.05, 0) is 46.7 Å². The summed E-state index contributed by atoms with van der Waals surface area (Å²) in [7, 11) is 0. The van der Waals surface area contributed by atoms with Gasteiger partial charge in [0.25, 0.3) is 5.22 Å². The van der Waals surface area contributed by atoms with Crippen LogP contribution in [-0.2, 0) is 9.53 Å². The van der Waals surface area contributed by atoms with E-state index >= 15 is 0 Å². The standard InChI is InChI=1S/C20H18N6O6S/c1-2-6-15(27)30-10-9-21-13-11-14(16-17(25-32-24-16)18(13)26(28)29)33-20-23-22-19(31-20)12-7-4-3-5-8-12/h3-5,7-8,11,21H,2,6,9-10H2,1H3. The van der Waals surface area contributed by atoms with Gasteiger partial charge in [-0.25, -0.2) is 4.63 Å². The Hall–Kier alpha value is -4.00. The summed E-state index contributed by atoms with van der Waals surface area (Å²) in [4.78, 5) is 23.1. The second-order valence-corrected chi connectivity index (χ2v) is 7.72. The number of ether oxygens (including phenoxy) is 1. The molecule has 0 atom stereocenters. The summed E-state index contributed by atoms with van der Waals surface area (Å²) in [5.41, 5.74) is 0.782. The van der Waals surface area contributed by atoms with Gasteiger partial charge in [0.05, 0.1) is 9.82 Å². The number of aromatic nitrogens is 4. The van der Waals surface area contributed by atoms with Crippen LogP contribution >= 0.6 is 11.8 Å². The van der Waals surface area contributed by atoms with Gasteiger partial charge >= 0.3 is 11.7 Å². The average Bonchev–Trinajstić information content (AvgIpc) is 3.47. The number of fused-ring (bicyclic) bond motifs is 1. The van der Waals surface area contributed by atoms with Gasteiger partial charge in [0, 0.05) is 18.5 Å². The monoisotopic (exact) mass is 470 g/mol. The van der Waals surface area contributed by atoms with Crippen molar-refractivity contribution in [2.45, 2.75) is 29.9 Å². The Kier molecular flexibility index (Phi) is 6.78. The van der Waals surface area contributed by atoms with Crippen molar-refractivity contribution in [3.63, 3.8) is 0 Å². The Labute approximate surface area is 190 Å². The Balaban J connectivity index is 1.59.